The van der Waals surface area contributed by atoms with Crippen LogP contribution in [0, 0.1) is 0 Å². The van der Waals surface area contributed by atoms with Crippen molar-refractivity contribution in [1.82, 2.24) is 10.6 Å². The van der Waals surface area contributed by atoms with Crippen molar-refractivity contribution in [2.45, 2.75) is 33.0 Å². The number of aryl methyl sites for hydroxylation is 1. The zero-order valence-electron chi connectivity index (χ0n) is 14.8. The largest absolute Gasteiger partial charge is 0.380 e. The van der Waals surface area contributed by atoms with Crippen LogP contribution in [-0.2, 0) is 30.9 Å². The van der Waals surface area contributed by atoms with Gasteiger partial charge in [-0.15, -0.1) is 0 Å². The van der Waals surface area contributed by atoms with Crippen molar-refractivity contribution in [3.05, 3.63) is 70.8 Å². The minimum absolute atomic E-state index is 0.647. The van der Waals surface area contributed by atoms with E-state index >= 15 is 0 Å². The molecule has 0 fully saturated rings. The predicted molar refractivity (Wildman–Crippen MR) is 100 cm³/mol. The van der Waals surface area contributed by atoms with Crippen LogP contribution in [0.25, 0.3) is 0 Å². The van der Waals surface area contributed by atoms with Crippen molar-refractivity contribution in [3.63, 3.8) is 0 Å². The van der Waals surface area contributed by atoms with Crippen LogP contribution in [0.15, 0.2) is 53.5 Å². The van der Waals surface area contributed by atoms with Gasteiger partial charge in [0, 0.05) is 27.2 Å². The Morgan fingerprint density at radius 1 is 0.917 bits per heavy atom. The molecule has 0 aromatic heterocycles. The molecule has 0 aliphatic rings. The quantitative estimate of drug-likeness (QED) is 0.607. The maximum atomic E-state index is 5.13. The number of rotatable bonds is 7. The first kappa shape index (κ1) is 18.0. The smallest absolute Gasteiger partial charge is 0.191 e. The Morgan fingerprint density at radius 3 is 2.17 bits per heavy atom. The van der Waals surface area contributed by atoms with Crippen molar-refractivity contribution in [3.8, 4) is 0 Å². The van der Waals surface area contributed by atoms with Gasteiger partial charge in [-0.1, -0.05) is 55.5 Å². The van der Waals surface area contributed by atoms with Crippen LogP contribution in [0.4, 0.5) is 0 Å². The number of ether oxygens (including phenoxy) is 1. The van der Waals surface area contributed by atoms with E-state index in [2.05, 4.69) is 71.1 Å². The summed E-state index contributed by atoms with van der Waals surface area (Å²) in [5.41, 5.74) is 5.08. The standard InChI is InChI=1S/C20H27N3O/c1-4-18-7-5-6-8-19(18)14-23-20(21-2)22-13-16-9-11-17(12-10-16)15-24-3/h5-12H,4,13-15H2,1-3H3,(H2,21,22,23). The summed E-state index contributed by atoms with van der Waals surface area (Å²) in [6, 6.07) is 16.9. The lowest BCUT2D eigenvalue weighted by atomic mass is 10.1. The van der Waals surface area contributed by atoms with Crippen molar-refractivity contribution in [2.75, 3.05) is 14.2 Å². The number of nitrogens with zero attached hydrogens (tertiary/aromatic N) is 1. The highest BCUT2D eigenvalue weighted by atomic mass is 16.5. The molecule has 0 heterocycles. The van der Waals surface area contributed by atoms with Crippen molar-refractivity contribution < 1.29 is 4.74 Å². The molecule has 0 unspecified atom stereocenters. The van der Waals surface area contributed by atoms with E-state index in [1.54, 1.807) is 14.2 Å². The SMILES string of the molecule is CCc1ccccc1CNC(=NC)NCc1ccc(COC)cc1. The van der Waals surface area contributed by atoms with Gasteiger partial charge in [-0.2, -0.15) is 0 Å². The summed E-state index contributed by atoms with van der Waals surface area (Å²) in [6.45, 7) is 4.34. The third-order valence-corrected chi connectivity index (χ3v) is 3.96. The number of hydrogen-bond donors (Lipinski definition) is 2. The minimum Gasteiger partial charge on any atom is -0.380 e. The molecule has 24 heavy (non-hydrogen) atoms. The fourth-order valence-corrected chi connectivity index (χ4v) is 2.58. The average Bonchev–Trinajstić information content (AvgIpc) is 2.63. The van der Waals surface area contributed by atoms with Gasteiger partial charge >= 0.3 is 0 Å². The van der Waals surface area contributed by atoms with Crippen LogP contribution < -0.4 is 10.6 Å². The highest BCUT2D eigenvalue weighted by Crippen LogP contribution is 2.09. The lowest BCUT2D eigenvalue weighted by molar-refractivity contribution is 0.185. The Kier molecular flexibility index (Phi) is 7.30. The highest BCUT2D eigenvalue weighted by molar-refractivity contribution is 5.79. The third kappa shape index (κ3) is 5.39. The van der Waals surface area contributed by atoms with E-state index in [-0.39, 0.29) is 0 Å². The van der Waals surface area contributed by atoms with E-state index in [9.17, 15) is 0 Å². The fourth-order valence-electron chi connectivity index (χ4n) is 2.58. The Morgan fingerprint density at radius 2 is 1.54 bits per heavy atom. The number of benzene rings is 2. The molecule has 4 nitrogen and oxygen atoms in total. The molecule has 0 radical (unpaired) electrons. The zero-order chi connectivity index (χ0) is 17.2. The van der Waals surface area contributed by atoms with E-state index < -0.39 is 0 Å². The lowest BCUT2D eigenvalue weighted by Crippen LogP contribution is -2.36. The highest BCUT2D eigenvalue weighted by Gasteiger charge is 2.02. The first-order valence-electron chi connectivity index (χ1n) is 8.34. The molecule has 0 atom stereocenters. The van der Waals surface area contributed by atoms with E-state index in [0.29, 0.717) is 6.61 Å². The topological polar surface area (TPSA) is 45.7 Å². The summed E-state index contributed by atoms with van der Waals surface area (Å²) in [5, 5.41) is 6.73. The van der Waals surface area contributed by atoms with Crippen LogP contribution >= 0.6 is 0 Å². The number of nitrogens with one attached hydrogen (secondary N) is 2. The second kappa shape index (κ2) is 9.73. The second-order valence-corrected chi connectivity index (χ2v) is 5.65. The Labute approximate surface area is 145 Å². The molecule has 128 valence electrons. The Balaban J connectivity index is 1.86. The molecule has 0 saturated carbocycles. The Hall–Kier alpha value is -2.33. The molecule has 2 aromatic rings. The van der Waals surface area contributed by atoms with E-state index in [1.165, 1.54) is 22.3 Å². The molecule has 2 N–H and O–H groups in total. The van der Waals surface area contributed by atoms with Crippen LogP contribution in [0.3, 0.4) is 0 Å². The van der Waals surface area contributed by atoms with E-state index in [1.807, 2.05) is 0 Å². The first-order valence-corrected chi connectivity index (χ1v) is 8.34. The molecule has 2 aromatic carbocycles. The van der Waals surface area contributed by atoms with Gasteiger partial charge < -0.3 is 15.4 Å². The van der Waals surface area contributed by atoms with E-state index in [0.717, 1.165) is 25.5 Å². The van der Waals surface area contributed by atoms with Gasteiger partial charge in [0.25, 0.3) is 0 Å². The predicted octanol–water partition coefficient (Wildman–Crippen LogP) is 3.26. The Bertz CT molecular complexity index is 650. The van der Waals surface area contributed by atoms with Crippen molar-refractivity contribution in [2.24, 2.45) is 4.99 Å². The van der Waals surface area contributed by atoms with Gasteiger partial charge in [-0.25, -0.2) is 0 Å². The van der Waals surface area contributed by atoms with Crippen LogP contribution in [0.2, 0.25) is 0 Å². The molecular formula is C20H27N3O. The van der Waals surface area contributed by atoms with Gasteiger partial charge in [0.05, 0.1) is 6.61 Å². The van der Waals surface area contributed by atoms with Crippen LogP contribution in [0.5, 0.6) is 0 Å². The fraction of sp³-hybridized carbons (Fsp3) is 0.350. The lowest BCUT2D eigenvalue weighted by Gasteiger charge is -2.14. The molecular weight excluding hydrogens is 298 g/mol. The van der Waals surface area contributed by atoms with Gasteiger partial charge in [-0.05, 0) is 28.7 Å². The summed E-state index contributed by atoms with van der Waals surface area (Å²) in [4.78, 5) is 4.30. The molecule has 4 heteroatoms. The maximum absolute atomic E-state index is 5.13. The van der Waals surface area contributed by atoms with Crippen LogP contribution in [-0.4, -0.2) is 20.1 Å². The molecule has 0 bridgehead atoms. The van der Waals surface area contributed by atoms with Gasteiger partial charge in [0.1, 0.15) is 0 Å². The number of guanidine groups is 1. The van der Waals surface area contributed by atoms with E-state index in [4.69, 9.17) is 4.74 Å². The first-order chi connectivity index (χ1) is 11.8. The minimum atomic E-state index is 0.647. The molecule has 0 amide bonds. The van der Waals surface area contributed by atoms with Crippen molar-refractivity contribution >= 4 is 5.96 Å². The summed E-state index contributed by atoms with van der Waals surface area (Å²) >= 11 is 0. The summed E-state index contributed by atoms with van der Waals surface area (Å²) in [6.07, 6.45) is 1.04. The second-order valence-electron chi connectivity index (χ2n) is 5.65. The van der Waals surface area contributed by atoms with Gasteiger partial charge in [0.2, 0.25) is 0 Å². The zero-order valence-corrected chi connectivity index (χ0v) is 14.8. The number of hydrogen-bond acceptors (Lipinski definition) is 2. The maximum Gasteiger partial charge on any atom is 0.191 e. The number of methoxy groups -OCH3 is 1. The summed E-state index contributed by atoms with van der Waals surface area (Å²) < 4.78 is 5.13. The van der Waals surface area contributed by atoms with Gasteiger partial charge in [0.15, 0.2) is 5.96 Å². The average molecular weight is 325 g/mol. The number of aliphatic imine (C=N–C) groups is 1. The molecule has 0 aliphatic carbocycles. The van der Waals surface area contributed by atoms with Gasteiger partial charge in [-0.3, -0.25) is 4.99 Å². The monoisotopic (exact) mass is 325 g/mol. The normalized spacial score (nSPS) is 11.4. The van der Waals surface area contributed by atoms with Crippen LogP contribution in [0.1, 0.15) is 29.2 Å². The summed E-state index contributed by atoms with van der Waals surface area (Å²) in [5.74, 6) is 0.807. The third-order valence-electron chi connectivity index (χ3n) is 3.96. The molecule has 0 saturated heterocycles. The molecule has 0 aliphatic heterocycles. The summed E-state index contributed by atoms with van der Waals surface area (Å²) in [7, 11) is 3.50. The molecule has 2 rings (SSSR count). The van der Waals surface area contributed by atoms with Crippen molar-refractivity contribution in [1.29, 1.82) is 0 Å². The molecule has 0 spiro atoms.